The van der Waals surface area contributed by atoms with E-state index in [2.05, 4.69) is 49.4 Å². The zero-order chi connectivity index (χ0) is 13.7. The monoisotopic (exact) mass is 331 g/mol. The number of nitrogens with one attached hydrogen (secondary N) is 2. The van der Waals surface area contributed by atoms with Crippen LogP contribution in [0.2, 0.25) is 0 Å². The number of rotatable bonds is 1. The van der Waals surface area contributed by atoms with Gasteiger partial charge in [0, 0.05) is 23.9 Å². The molecule has 0 atom stereocenters. The van der Waals surface area contributed by atoms with Crippen LogP contribution >= 0.6 is 15.9 Å². The Kier molecular flexibility index (Phi) is 2.57. The van der Waals surface area contributed by atoms with Gasteiger partial charge in [-0.25, -0.2) is 9.37 Å². The van der Waals surface area contributed by atoms with E-state index in [1.807, 2.05) is 0 Å². The molecule has 0 fully saturated rings. The first-order chi connectivity index (χ1) is 9.70. The van der Waals surface area contributed by atoms with Crippen LogP contribution in [0, 0.1) is 5.82 Å². The normalized spacial score (nSPS) is 13.5. The molecule has 0 saturated heterocycles. The average Bonchev–Trinajstić information content (AvgIpc) is 3.04. The summed E-state index contributed by atoms with van der Waals surface area (Å²) in [7, 11) is 0. The number of imidazole rings is 1. The molecule has 5 heteroatoms. The van der Waals surface area contributed by atoms with Crippen molar-refractivity contribution >= 4 is 32.7 Å². The van der Waals surface area contributed by atoms with Crippen molar-refractivity contribution in [1.82, 2.24) is 9.97 Å². The second-order valence-electron chi connectivity index (χ2n) is 4.92. The molecule has 0 saturated carbocycles. The number of anilines is 1. The summed E-state index contributed by atoms with van der Waals surface area (Å²) in [6.07, 6.45) is 1.06. The molecule has 0 amide bonds. The first-order valence-electron chi connectivity index (χ1n) is 6.43. The summed E-state index contributed by atoms with van der Waals surface area (Å²) in [5.74, 6) is 0.470. The van der Waals surface area contributed by atoms with Gasteiger partial charge in [0.1, 0.15) is 11.6 Å². The van der Waals surface area contributed by atoms with Crippen LogP contribution < -0.4 is 5.32 Å². The van der Waals surface area contributed by atoms with Gasteiger partial charge >= 0.3 is 0 Å². The van der Waals surface area contributed by atoms with Gasteiger partial charge in [-0.1, -0.05) is 12.1 Å². The van der Waals surface area contributed by atoms with Gasteiger partial charge in [-0.15, -0.1) is 0 Å². The average molecular weight is 332 g/mol. The lowest BCUT2D eigenvalue weighted by Crippen LogP contribution is -1.91. The minimum atomic E-state index is -0.289. The smallest absolute Gasteiger partial charge is 0.139 e. The Morgan fingerprint density at radius 1 is 1.20 bits per heavy atom. The lowest BCUT2D eigenvalue weighted by Gasteiger charge is -2.02. The maximum atomic E-state index is 13.5. The third-order valence-corrected chi connectivity index (χ3v) is 4.22. The molecule has 1 aromatic heterocycles. The molecule has 4 rings (SSSR count). The molecule has 2 N–H and O–H groups in total. The predicted molar refractivity (Wildman–Crippen MR) is 81.4 cm³/mol. The molecule has 0 spiro atoms. The summed E-state index contributed by atoms with van der Waals surface area (Å²) in [5, 5.41) is 3.35. The molecular formula is C15H11BrFN3. The molecule has 2 aromatic carbocycles. The highest BCUT2D eigenvalue weighted by molar-refractivity contribution is 9.10. The van der Waals surface area contributed by atoms with Gasteiger partial charge < -0.3 is 10.3 Å². The highest BCUT2D eigenvalue weighted by Gasteiger charge is 2.13. The Morgan fingerprint density at radius 2 is 2.10 bits per heavy atom. The van der Waals surface area contributed by atoms with Crippen molar-refractivity contribution in [3.63, 3.8) is 0 Å². The van der Waals surface area contributed by atoms with E-state index < -0.39 is 0 Å². The van der Waals surface area contributed by atoms with Crippen LogP contribution in [-0.4, -0.2) is 16.5 Å². The van der Waals surface area contributed by atoms with E-state index in [1.54, 1.807) is 6.07 Å². The summed E-state index contributed by atoms with van der Waals surface area (Å²) in [5.41, 5.74) is 4.95. The van der Waals surface area contributed by atoms with E-state index in [1.165, 1.54) is 11.6 Å². The van der Waals surface area contributed by atoms with Gasteiger partial charge in [0.25, 0.3) is 0 Å². The van der Waals surface area contributed by atoms with Crippen LogP contribution in [0.4, 0.5) is 10.1 Å². The fraction of sp³-hybridized carbons (Fsp3) is 0.133. The standard InChI is InChI=1S/C15H11BrFN3/c16-10-6-13-14(7-11(10)17)20-15(19-13)9-2-1-8-3-4-18-12(8)5-9/h1-2,5-7,18H,3-4H2,(H,19,20). The maximum Gasteiger partial charge on any atom is 0.139 e. The molecule has 3 nitrogen and oxygen atoms in total. The number of benzene rings is 2. The molecule has 0 radical (unpaired) electrons. The highest BCUT2D eigenvalue weighted by Crippen LogP contribution is 2.29. The summed E-state index contributed by atoms with van der Waals surface area (Å²) in [6, 6.07) is 9.41. The number of hydrogen-bond acceptors (Lipinski definition) is 2. The van der Waals surface area contributed by atoms with Crippen LogP contribution in [0.5, 0.6) is 0 Å². The molecule has 0 unspecified atom stereocenters. The van der Waals surface area contributed by atoms with E-state index in [0.717, 1.165) is 35.6 Å². The Balaban J connectivity index is 1.86. The third kappa shape index (κ3) is 1.81. The van der Waals surface area contributed by atoms with Gasteiger partial charge in [0.2, 0.25) is 0 Å². The second kappa shape index (κ2) is 4.31. The second-order valence-corrected chi connectivity index (χ2v) is 5.77. The van der Waals surface area contributed by atoms with Crippen molar-refractivity contribution in [2.45, 2.75) is 6.42 Å². The molecule has 100 valence electrons. The lowest BCUT2D eigenvalue weighted by atomic mass is 10.1. The zero-order valence-electron chi connectivity index (χ0n) is 10.5. The van der Waals surface area contributed by atoms with E-state index in [0.29, 0.717) is 9.99 Å². The van der Waals surface area contributed by atoms with Crippen LogP contribution in [0.15, 0.2) is 34.8 Å². The highest BCUT2D eigenvalue weighted by atomic mass is 79.9. The Bertz CT molecular complexity index is 786. The topological polar surface area (TPSA) is 40.7 Å². The third-order valence-electron chi connectivity index (χ3n) is 3.62. The van der Waals surface area contributed by atoms with Crippen LogP contribution in [-0.2, 0) is 6.42 Å². The van der Waals surface area contributed by atoms with Crippen molar-refractivity contribution in [3.8, 4) is 11.4 Å². The Morgan fingerprint density at radius 3 is 3.00 bits per heavy atom. The molecule has 2 heterocycles. The minimum Gasteiger partial charge on any atom is -0.384 e. The van der Waals surface area contributed by atoms with Gasteiger partial charge in [0.15, 0.2) is 0 Å². The van der Waals surface area contributed by atoms with Gasteiger partial charge in [-0.05, 0) is 40.0 Å². The van der Waals surface area contributed by atoms with Crippen LogP contribution in [0.25, 0.3) is 22.4 Å². The van der Waals surface area contributed by atoms with E-state index in [4.69, 9.17) is 0 Å². The van der Waals surface area contributed by atoms with Gasteiger partial charge in [-0.3, -0.25) is 0 Å². The predicted octanol–water partition coefficient (Wildman–Crippen LogP) is 4.10. The number of nitrogens with zero attached hydrogens (tertiary/aromatic N) is 1. The minimum absolute atomic E-state index is 0.289. The quantitative estimate of drug-likeness (QED) is 0.704. The fourth-order valence-electron chi connectivity index (χ4n) is 2.58. The Hall–Kier alpha value is -1.88. The fourth-order valence-corrected chi connectivity index (χ4v) is 2.91. The first kappa shape index (κ1) is 11.9. The van der Waals surface area contributed by atoms with Crippen LogP contribution in [0.3, 0.4) is 0 Å². The molecule has 3 aromatic rings. The van der Waals surface area contributed by atoms with E-state index in [9.17, 15) is 4.39 Å². The lowest BCUT2D eigenvalue weighted by molar-refractivity contribution is 0.623. The summed E-state index contributed by atoms with van der Waals surface area (Å²) >= 11 is 3.18. The Labute approximate surface area is 123 Å². The van der Waals surface area contributed by atoms with Gasteiger partial charge in [0.05, 0.1) is 15.5 Å². The molecule has 0 bridgehead atoms. The summed E-state index contributed by atoms with van der Waals surface area (Å²) in [6.45, 7) is 0.983. The molecule has 1 aliphatic rings. The summed E-state index contributed by atoms with van der Waals surface area (Å²) < 4.78 is 14.0. The number of aromatic amines is 1. The molecule has 20 heavy (non-hydrogen) atoms. The van der Waals surface area contributed by atoms with Crippen LogP contribution in [0.1, 0.15) is 5.56 Å². The number of aromatic nitrogens is 2. The first-order valence-corrected chi connectivity index (χ1v) is 7.22. The molecule has 1 aliphatic heterocycles. The van der Waals surface area contributed by atoms with Crippen molar-refractivity contribution in [1.29, 1.82) is 0 Å². The van der Waals surface area contributed by atoms with Crippen molar-refractivity contribution in [2.75, 3.05) is 11.9 Å². The van der Waals surface area contributed by atoms with Crippen molar-refractivity contribution < 1.29 is 4.39 Å². The SMILES string of the molecule is Fc1cc2[nH]c(-c3ccc4c(c3)NCC4)nc2cc1Br. The maximum absolute atomic E-state index is 13.5. The van der Waals surface area contributed by atoms with E-state index >= 15 is 0 Å². The number of H-pyrrole nitrogens is 1. The molecule has 0 aliphatic carbocycles. The van der Waals surface area contributed by atoms with Crippen molar-refractivity contribution in [3.05, 3.63) is 46.2 Å². The molecular weight excluding hydrogens is 321 g/mol. The zero-order valence-corrected chi connectivity index (χ0v) is 12.1. The largest absolute Gasteiger partial charge is 0.384 e. The number of fused-ring (bicyclic) bond motifs is 2. The van der Waals surface area contributed by atoms with Gasteiger partial charge in [-0.2, -0.15) is 0 Å². The van der Waals surface area contributed by atoms with Crippen molar-refractivity contribution in [2.24, 2.45) is 0 Å². The van der Waals surface area contributed by atoms with E-state index in [-0.39, 0.29) is 5.82 Å². The number of halogens is 2. The summed E-state index contributed by atoms with van der Waals surface area (Å²) in [4.78, 5) is 7.70. The number of hydrogen-bond donors (Lipinski definition) is 2.